The van der Waals surface area contributed by atoms with Crippen LogP contribution >= 0.6 is 0 Å². The second-order valence-corrected chi connectivity index (χ2v) is 6.91. The van der Waals surface area contributed by atoms with E-state index in [9.17, 15) is 9.50 Å². The third-order valence-corrected chi connectivity index (χ3v) is 5.31. The Morgan fingerprint density at radius 2 is 1.94 bits per heavy atom. The maximum atomic E-state index is 13.5. The predicted octanol–water partition coefficient (Wildman–Crippen LogP) is 3.96. The third kappa shape index (κ3) is 1.41. The first-order valence-corrected chi connectivity index (χ1v) is 6.84. The highest BCUT2D eigenvalue weighted by Gasteiger charge is 2.56. The fourth-order valence-corrected chi connectivity index (χ4v) is 4.62. The normalized spacial score (nSPS) is 37.2. The van der Waals surface area contributed by atoms with Gasteiger partial charge < -0.3 is 5.11 Å². The first-order valence-electron chi connectivity index (χ1n) is 6.84. The smallest absolute Gasteiger partial charge is 0.123 e. The molecule has 2 aliphatic carbocycles. The summed E-state index contributed by atoms with van der Waals surface area (Å²) in [5.41, 5.74) is 2.02. The maximum absolute atomic E-state index is 13.5. The average molecular weight is 248 g/mol. The number of halogens is 1. The fraction of sp³-hybridized carbons (Fsp3) is 0.625. The van der Waals surface area contributed by atoms with Crippen LogP contribution in [0.3, 0.4) is 0 Å². The number of hydrogen-bond donors (Lipinski definition) is 1. The van der Waals surface area contributed by atoms with Crippen LogP contribution in [0.5, 0.6) is 0 Å². The standard InChI is InChI=1S/C16H21FO/c1-15(2)7-4-8-16(3)12-9-10(17)5-6-11(12)13(18)14(15)16/h5-6,9,13-14,18H,4,7-8H2,1-3H3/t13-,14+,16-/m0/s1. The Bertz CT molecular complexity index is 494. The molecular weight excluding hydrogens is 227 g/mol. The van der Waals surface area contributed by atoms with E-state index >= 15 is 0 Å². The average Bonchev–Trinajstić information content (AvgIpc) is 2.48. The lowest BCUT2D eigenvalue weighted by Crippen LogP contribution is -2.43. The summed E-state index contributed by atoms with van der Waals surface area (Å²) in [5, 5.41) is 10.6. The van der Waals surface area contributed by atoms with Crippen molar-refractivity contribution in [2.75, 3.05) is 0 Å². The van der Waals surface area contributed by atoms with Gasteiger partial charge in [-0.3, -0.25) is 0 Å². The van der Waals surface area contributed by atoms with E-state index in [2.05, 4.69) is 20.8 Å². The van der Waals surface area contributed by atoms with Crippen molar-refractivity contribution in [1.82, 2.24) is 0 Å². The number of hydrogen-bond acceptors (Lipinski definition) is 1. The molecule has 1 saturated carbocycles. The summed E-state index contributed by atoms with van der Waals surface area (Å²) in [4.78, 5) is 0. The van der Waals surface area contributed by atoms with Gasteiger partial charge in [-0.2, -0.15) is 0 Å². The van der Waals surface area contributed by atoms with E-state index in [0.717, 1.165) is 30.4 Å². The molecule has 0 radical (unpaired) electrons. The van der Waals surface area contributed by atoms with Crippen LogP contribution in [0.4, 0.5) is 4.39 Å². The van der Waals surface area contributed by atoms with Crippen molar-refractivity contribution < 1.29 is 9.50 Å². The van der Waals surface area contributed by atoms with Crippen molar-refractivity contribution in [2.45, 2.75) is 51.6 Å². The number of fused-ring (bicyclic) bond motifs is 3. The molecule has 0 unspecified atom stereocenters. The molecule has 1 aromatic rings. The number of aliphatic hydroxyl groups is 1. The first-order chi connectivity index (χ1) is 8.36. The lowest BCUT2D eigenvalue weighted by molar-refractivity contribution is -0.0272. The molecule has 3 atom stereocenters. The van der Waals surface area contributed by atoms with Crippen molar-refractivity contribution >= 4 is 0 Å². The molecule has 3 rings (SSSR count). The minimum absolute atomic E-state index is 0.0708. The molecule has 0 saturated heterocycles. The Kier molecular flexibility index (Phi) is 2.41. The van der Waals surface area contributed by atoms with Crippen molar-refractivity contribution in [3.05, 3.63) is 35.1 Å². The molecule has 0 bridgehead atoms. The molecule has 18 heavy (non-hydrogen) atoms. The van der Waals surface area contributed by atoms with E-state index in [0.29, 0.717) is 0 Å². The minimum Gasteiger partial charge on any atom is -0.388 e. The van der Waals surface area contributed by atoms with Gasteiger partial charge in [-0.15, -0.1) is 0 Å². The van der Waals surface area contributed by atoms with Crippen molar-refractivity contribution in [2.24, 2.45) is 11.3 Å². The molecule has 1 nitrogen and oxygen atoms in total. The summed E-state index contributed by atoms with van der Waals surface area (Å²) < 4.78 is 13.5. The second kappa shape index (κ2) is 3.57. The molecule has 0 heterocycles. The zero-order chi connectivity index (χ0) is 13.1. The monoisotopic (exact) mass is 248 g/mol. The Morgan fingerprint density at radius 1 is 1.22 bits per heavy atom. The highest BCUT2D eigenvalue weighted by molar-refractivity contribution is 5.44. The van der Waals surface area contributed by atoms with Crippen LogP contribution in [-0.2, 0) is 5.41 Å². The van der Waals surface area contributed by atoms with Crippen LogP contribution in [0.1, 0.15) is 57.3 Å². The summed E-state index contributed by atoms with van der Waals surface area (Å²) in [7, 11) is 0. The Labute approximate surface area is 108 Å². The molecule has 1 fully saturated rings. The maximum Gasteiger partial charge on any atom is 0.123 e. The van der Waals surface area contributed by atoms with Gasteiger partial charge >= 0.3 is 0 Å². The number of aliphatic hydroxyl groups excluding tert-OH is 1. The summed E-state index contributed by atoms with van der Waals surface area (Å²) in [6.45, 7) is 6.67. The van der Waals surface area contributed by atoms with Gasteiger partial charge in [-0.05, 0) is 46.9 Å². The van der Waals surface area contributed by atoms with Gasteiger partial charge in [0.2, 0.25) is 0 Å². The van der Waals surface area contributed by atoms with E-state index in [4.69, 9.17) is 0 Å². The van der Waals surface area contributed by atoms with Gasteiger partial charge in [-0.25, -0.2) is 4.39 Å². The zero-order valence-electron chi connectivity index (χ0n) is 11.3. The summed E-state index contributed by atoms with van der Waals surface area (Å²) in [5.74, 6) is 0.0155. The lowest BCUT2D eigenvalue weighted by atomic mass is 9.56. The fourth-order valence-electron chi connectivity index (χ4n) is 4.62. The van der Waals surface area contributed by atoms with Crippen LogP contribution in [-0.4, -0.2) is 5.11 Å². The quantitative estimate of drug-likeness (QED) is 0.737. The van der Waals surface area contributed by atoms with Gasteiger partial charge in [-0.1, -0.05) is 33.3 Å². The third-order valence-electron chi connectivity index (χ3n) is 5.31. The van der Waals surface area contributed by atoms with Crippen LogP contribution in [0.2, 0.25) is 0 Å². The van der Waals surface area contributed by atoms with Crippen LogP contribution < -0.4 is 0 Å². The summed E-state index contributed by atoms with van der Waals surface area (Å²) in [6.07, 6.45) is 2.90. The molecule has 1 aromatic carbocycles. The molecule has 2 aliphatic rings. The molecule has 98 valence electrons. The SMILES string of the molecule is CC1(C)CCC[C@@]2(C)c3cc(F)ccc3[C@H](O)[C@H]12. The molecule has 2 heteroatoms. The predicted molar refractivity (Wildman–Crippen MR) is 69.8 cm³/mol. The molecule has 1 N–H and O–H groups in total. The Balaban J connectivity index is 2.20. The highest BCUT2D eigenvalue weighted by Crippen LogP contribution is 2.62. The van der Waals surface area contributed by atoms with E-state index < -0.39 is 6.10 Å². The molecule has 0 spiro atoms. The van der Waals surface area contributed by atoms with Gasteiger partial charge in [0.1, 0.15) is 5.82 Å². The van der Waals surface area contributed by atoms with Gasteiger partial charge in [0.15, 0.2) is 0 Å². The molecule has 0 amide bonds. The number of benzene rings is 1. The first kappa shape index (κ1) is 12.2. The van der Waals surface area contributed by atoms with Crippen molar-refractivity contribution in [3.8, 4) is 0 Å². The van der Waals surface area contributed by atoms with Crippen molar-refractivity contribution in [3.63, 3.8) is 0 Å². The Morgan fingerprint density at radius 3 is 2.67 bits per heavy atom. The van der Waals surface area contributed by atoms with E-state index in [1.54, 1.807) is 12.1 Å². The lowest BCUT2D eigenvalue weighted by Gasteiger charge is -2.48. The molecular formula is C16H21FO. The van der Waals surface area contributed by atoms with E-state index in [1.807, 2.05) is 0 Å². The van der Waals surface area contributed by atoms with Crippen LogP contribution in [0, 0.1) is 17.2 Å². The van der Waals surface area contributed by atoms with Gasteiger partial charge in [0, 0.05) is 5.92 Å². The Hall–Kier alpha value is -0.890. The largest absolute Gasteiger partial charge is 0.388 e. The summed E-state index contributed by atoms with van der Waals surface area (Å²) in [6, 6.07) is 4.88. The molecule has 0 aliphatic heterocycles. The zero-order valence-corrected chi connectivity index (χ0v) is 11.3. The van der Waals surface area contributed by atoms with Crippen LogP contribution in [0.15, 0.2) is 18.2 Å². The van der Waals surface area contributed by atoms with Gasteiger partial charge in [0.05, 0.1) is 6.10 Å². The highest BCUT2D eigenvalue weighted by atomic mass is 19.1. The van der Waals surface area contributed by atoms with Gasteiger partial charge in [0.25, 0.3) is 0 Å². The topological polar surface area (TPSA) is 20.2 Å². The second-order valence-electron chi connectivity index (χ2n) is 6.91. The van der Waals surface area contributed by atoms with E-state index in [1.165, 1.54) is 6.07 Å². The van der Waals surface area contributed by atoms with E-state index in [-0.39, 0.29) is 22.6 Å². The summed E-state index contributed by atoms with van der Waals surface area (Å²) >= 11 is 0. The van der Waals surface area contributed by atoms with Crippen LogP contribution in [0.25, 0.3) is 0 Å². The minimum atomic E-state index is -0.444. The van der Waals surface area contributed by atoms with Crippen molar-refractivity contribution in [1.29, 1.82) is 0 Å². The molecule has 0 aromatic heterocycles. The number of rotatable bonds is 0.